The molecular weight excluding hydrogens is 547 g/mol. The number of ether oxygens (including phenoxy) is 2. The molecule has 43 heavy (non-hydrogen) atoms. The van der Waals surface area contributed by atoms with Crippen molar-refractivity contribution in [3.63, 3.8) is 0 Å². The molecule has 0 aliphatic carbocycles. The van der Waals surface area contributed by atoms with Crippen molar-refractivity contribution in [2.45, 2.75) is 26.3 Å². The van der Waals surface area contributed by atoms with Crippen LogP contribution in [0.2, 0.25) is 0 Å². The minimum Gasteiger partial charge on any atom is -0.492 e. The number of nitrogens with zero attached hydrogens (tertiary/aromatic N) is 1. The average Bonchev–Trinajstić information content (AvgIpc) is 3.03. The highest BCUT2D eigenvalue weighted by Gasteiger charge is 2.23. The molecule has 0 saturated carbocycles. The van der Waals surface area contributed by atoms with Gasteiger partial charge in [-0.25, -0.2) is 9.18 Å². The third-order valence-corrected chi connectivity index (χ3v) is 6.87. The van der Waals surface area contributed by atoms with Gasteiger partial charge in [0, 0.05) is 34.8 Å². The van der Waals surface area contributed by atoms with E-state index < -0.39 is 12.0 Å². The number of nitrogens with one attached hydrogen (secondary N) is 1. The smallest absolute Gasteiger partial charge is 0.328 e. The van der Waals surface area contributed by atoms with Crippen LogP contribution in [0.15, 0.2) is 103 Å². The standard InChI is InChI=1S/C35H35FN2O5/c1-24(2)34(40)38(28-17-15-27(36)16-18-28)21-22-43-29-19-13-25(14-20-29)23-32(35(41)42-3)37-31-12-8-7-11-30(31)33(39)26-9-5-4-6-10-26/h4-20,24,32,37H,21-23H2,1-3H3/t32-/m0/s1. The molecule has 0 bridgehead atoms. The second kappa shape index (κ2) is 14.8. The zero-order chi connectivity index (χ0) is 30.8. The van der Waals surface area contributed by atoms with Crippen molar-refractivity contribution >= 4 is 29.0 Å². The number of halogens is 1. The molecule has 0 unspecified atom stereocenters. The van der Waals surface area contributed by atoms with Crippen LogP contribution < -0.4 is 15.0 Å². The summed E-state index contributed by atoms with van der Waals surface area (Å²) >= 11 is 0. The molecule has 0 radical (unpaired) electrons. The second-order valence-corrected chi connectivity index (χ2v) is 10.3. The summed E-state index contributed by atoms with van der Waals surface area (Å²) in [5, 5.41) is 3.21. The van der Waals surface area contributed by atoms with Crippen LogP contribution in [0.5, 0.6) is 5.75 Å². The molecule has 0 heterocycles. The van der Waals surface area contributed by atoms with Gasteiger partial charge < -0.3 is 19.7 Å². The Bertz CT molecular complexity index is 1520. The van der Waals surface area contributed by atoms with Gasteiger partial charge in [0.2, 0.25) is 5.91 Å². The summed E-state index contributed by atoms with van der Waals surface area (Å²) in [6, 6.07) is 28.4. The number of benzene rings is 4. The van der Waals surface area contributed by atoms with Crippen LogP contribution in [0, 0.1) is 11.7 Å². The van der Waals surface area contributed by atoms with E-state index in [9.17, 15) is 18.8 Å². The Morgan fingerprint density at radius 2 is 1.49 bits per heavy atom. The van der Waals surface area contributed by atoms with Crippen molar-refractivity contribution in [3.8, 4) is 5.75 Å². The first-order chi connectivity index (χ1) is 20.8. The Labute approximate surface area is 251 Å². The fraction of sp³-hybridized carbons (Fsp3) is 0.229. The number of hydrogen-bond acceptors (Lipinski definition) is 6. The van der Waals surface area contributed by atoms with Crippen LogP contribution in [0.25, 0.3) is 0 Å². The maximum absolute atomic E-state index is 13.4. The first-order valence-corrected chi connectivity index (χ1v) is 14.1. The molecule has 0 spiro atoms. The van der Waals surface area contributed by atoms with Gasteiger partial charge in [-0.1, -0.05) is 68.4 Å². The molecule has 4 rings (SSSR count). The quantitative estimate of drug-likeness (QED) is 0.147. The molecule has 8 heteroatoms. The van der Waals surface area contributed by atoms with Crippen molar-refractivity contribution in [2.75, 3.05) is 30.5 Å². The van der Waals surface area contributed by atoms with E-state index >= 15 is 0 Å². The van der Waals surface area contributed by atoms with E-state index in [4.69, 9.17) is 9.47 Å². The molecule has 0 aromatic heterocycles. The topological polar surface area (TPSA) is 84.9 Å². The number of hydrogen-bond donors (Lipinski definition) is 1. The van der Waals surface area contributed by atoms with E-state index in [0.29, 0.717) is 41.2 Å². The van der Waals surface area contributed by atoms with E-state index in [1.807, 2.05) is 32.0 Å². The summed E-state index contributed by atoms with van der Waals surface area (Å²) in [5.74, 6) is -0.698. The summed E-state index contributed by atoms with van der Waals surface area (Å²) in [6.07, 6.45) is 0.308. The summed E-state index contributed by atoms with van der Waals surface area (Å²) in [7, 11) is 1.33. The molecule has 1 atom stereocenters. The molecule has 222 valence electrons. The molecule has 0 fully saturated rings. The van der Waals surface area contributed by atoms with Crippen molar-refractivity contribution in [1.29, 1.82) is 0 Å². The highest BCUT2D eigenvalue weighted by molar-refractivity contribution is 6.12. The Kier molecular flexibility index (Phi) is 10.6. The summed E-state index contributed by atoms with van der Waals surface area (Å²) in [5.41, 5.74) is 3.00. The van der Waals surface area contributed by atoms with Gasteiger partial charge in [-0.05, 0) is 54.1 Å². The minimum absolute atomic E-state index is 0.0843. The average molecular weight is 583 g/mol. The number of ketones is 1. The highest BCUT2D eigenvalue weighted by atomic mass is 19.1. The highest BCUT2D eigenvalue weighted by Crippen LogP contribution is 2.23. The lowest BCUT2D eigenvalue weighted by molar-refractivity contribution is -0.141. The fourth-order valence-electron chi connectivity index (χ4n) is 4.59. The summed E-state index contributed by atoms with van der Waals surface area (Å²) in [6.45, 7) is 4.15. The van der Waals surface area contributed by atoms with Crippen molar-refractivity contribution in [3.05, 3.63) is 126 Å². The molecular formula is C35H35FN2O5. The van der Waals surface area contributed by atoms with Gasteiger partial charge in [0.05, 0.1) is 13.7 Å². The van der Waals surface area contributed by atoms with E-state index in [2.05, 4.69) is 5.32 Å². The van der Waals surface area contributed by atoms with Crippen LogP contribution in [-0.4, -0.2) is 44.0 Å². The number of methoxy groups -OCH3 is 1. The zero-order valence-electron chi connectivity index (χ0n) is 24.5. The Hall–Kier alpha value is -4.98. The van der Waals surface area contributed by atoms with Crippen LogP contribution in [-0.2, 0) is 20.7 Å². The number of amides is 1. The first-order valence-electron chi connectivity index (χ1n) is 14.1. The first kappa shape index (κ1) is 31.0. The third-order valence-electron chi connectivity index (χ3n) is 6.87. The second-order valence-electron chi connectivity index (χ2n) is 10.3. The Balaban J connectivity index is 1.41. The van der Waals surface area contributed by atoms with Crippen molar-refractivity contribution in [1.82, 2.24) is 0 Å². The number of carbonyl (C=O) groups is 3. The van der Waals surface area contributed by atoms with Gasteiger partial charge in [0.15, 0.2) is 5.78 Å². The van der Waals surface area contributed by atoms with Gasteiger partial charge in [0.1, 0.15) is 24.2 Å². The van der Waals surface area contributed by atoms with Crippen LogP contribution in [0.1, 0.15) is 35.3 Å². The van der Waals surface area contributed by atoms with Crippen molar-refractivity contribution < 1.29 is 28.2 Å². The van der Waals surface area contributed by atoms with E-state index in [-0.39, 0.29) is 30.0 Å². The summed E-state index contributed by atoms with van der Waals surface area (Å²) < 4.78 is 24.4. The van der Waals surface area contributed by atoms with Gasteiger partial charge in [-0.3, -0.25) is 9.59 Å². The van der Waals surface area contributed by atoms with Gasteiger partial charge >= 0.3 is 5.97 Å². The fourth-order valence-corrected chi connectivity index (χ4v) is 4.59. The molecule has 4 aromatic carbocycles. The predicted octanol–water partition coefficient (Wildman–Crippen LogP) is 6.32. The van der Waals surface area contributed by atoms with Gasteiger partial charge in [0.25, 0.3) is 0 Å². The molecule has 1 amide bonds. The largest absolute Gasteiger partial charge is 0.492 e. The van der Waals surface area contributed by atoms with E-state index in [0.717, 1.165) is 5.56 Å². The van der Waals surface area contributed by atoms with Gasteiger partial charge in [-0.2, -0.15) is 0 Å². The molecule has 1 N–H and O–H groups in total. The molecule has 0 aliphatic heterocycles. The Morgan fingerprint density at radius 1 is 0.837 bits per heavy atom. The number of carbonyl (C=O) groups excluding carboxylic acids is 3. The third kappa shape index (κ3) is 8.29. The number of rotatable bonds is 13. The number of esters is 1. The normalized spacial score (nSPS) is 11.5. The summed E-state index contributed by atoms with van der Waals surface area (Å²) in [4.78, 5) is 40.3. The van der Waals surface area contributed by atoms with Crippen LogP contribution in [0.3, 0.4) is 0 Å². The maximum Gasteiger partial charge on any atom is 0.328 e. The lowest BCUT2D eigenvalue weighted by atomic mass is 10.00. The van der Waals surface area contributed by atoms with E-state index in [1.54, 1.807) is 77.7 Å². The zero-order valence-corrected chi connectivity index (χ0v) is 24.5. The van der Waals surface area contributed by atoms with Crippen molar-refractivity contribution in [2.24, 2.45) is 5.92 Å². The van der Waals surface area contributed by atoms with Gasteiger partial charge in [-0.15, -0.1) is 0 Å². The number of para-hydroxylation sites is 1. The molecule has 0 aliphatic rings. The number of anilines is 2. The maximum atomic E-state index is 13.4. The van der Waals surface area contributed by atoms with E-state index in [1.165, 1.54) is 19.2 Å². The predicted molar refractivity (Wildman–Crippen MR) is 165 cm³/mol. The lowest BCUT2D eigenvalue weighted by Crippen LogP contribution is -2.37. The molecule has 0 saturated heterocycles. The monoisotopic (exact) mass is 582 g/mol. The van der Waals surface area contributed by atoms with Crippen LogP contribution >= 0.6 is 0 Å². The molecule has 7 nitrogen and oxygen atoms in total. The van der Waals surface area contributed by atoms with Crippen LogP contribution in [0.4, 0.5) is 15.8 Å². The SMILES string of the molecule is COC(=O)[C@H](Cc1ccc(OCCN(C(=O)C(C)C)c2ccc(F)cc2)cc1)Nc1ccccc1C(=O)c1ccccc1. The Morgan fingerprint density at radius 3 is 2.14 bits per heavy atom. The molecule has 4 aromatic rings. The lowest BCUT2D eigenvalue weighted by Gasteiger charge is -2.25. The minimum atomic E-state index is -0.743.